The third kappa shape index (κ3) is 3.00. The molecule has 6 heteroatoms. The summed E-state index contributed by atoms with van der Waals surface area (Å²) in [6, 6.07) is 6.52. The number of aromatic carboxylic acids is 1. The van der Waals surface area contributed by atoms with E-state index < -0.39 is 17.3 Å². The molecular weight excluding hydrogens is 273 g/mol. The molecule has 98 valence electrons. The van der Waals surface area contributed by atoms with Gasteiger partial charge in [0.2, 0.25) is 0 Å². The number of hydrogen-bond acceptors (Lipinski definition) is 2. The highest BCUT2D eigenvalue weighted by Gasteiger charge is 2.06. The highest BCUT2D eigenvalue weighted by Crippen LogP contribution is 2.16. The lowest BCUT2D eigenvalue weighted by Gasteiger charge is -2.06. The van der Waals surface area contributed by atoms with Gasteiger partial charge in [-0.3, -0.25) is 4.79 Å². The van der Waals surface area contributed by atoms with Crippen LogP contribution in [0.25, 0.3) is 0 Å². The number of nitrogens with zero attached hydrogens (tertiary/aromatic N) is 1. The molecule has 2 aromatic rings. The summed E-state index contributed by atoms with van der Waals surface area (Å²) in [6.07, 6.45) is 1.38. The summed E-state index contributed by atoms with van der Waals surface area (Å²) in [5.74, 6) is -1.69. The van der Waals surface area contributed by atoms with Gasteiger partial charge in [-0.25, -0.2) is 9.18 Å². The van der Waals surface area contributed by atoms with Crippen LogP contribution in [0, 0.1) is 5.82 Å². The first-order chi connectivity index (χ1) is 8.97. The molecule has 0 amide bonds. The predicted molar refractivity (Wildman–Crippen MR) is 68.2 cm³/mol. The summed E-state index contributed by atoms with van der Waals surface area (Å²) in [5.41, 5.74) is 0.135. The standard InChI is InChI=1S/C13H9ClFNO3/c14-10-5-8(1-2-11(10)15)7-16-4-3-9(13(18)19)6-12(16)17/h1-6H,7H2,(H,18,19). The second kappa shape index (κ2) is 5.24. The second-order valence-electron chi connectivity index (χ2n) is 3.94. The van der Waals surface area contributed by atoms with Gasteiger partial charge in [0.15, 0.2) is 0 Å². The minimum atomic E-state index is -1.16. The van der Waals surface area contributed by atoms with Crippen molar-refractivity contribution in [3.05, 3.63) is 68.8 Å². The van der Waals surface area contributed by atoms with Crippen molar-refractivity contribution < 1.29 is 14.3 Å². The lowest BCUT2D eigenvalue weighted by Crippen LogP contribution is -2.20. The topological polar surface area (TPSA) is 59.3 Å². The molecule has 0 bridgehead atoms. The first kappa shape index (κ1) is 13.3. The van der Waals surface area contributed by atoms with Crippen molar-refractivity contribution in [2.75, 3.05) is 0 Å². The number of carboxylic acids is 1. The van der Waals surface area contributed by atoms with E-state index in [0.29, 0.717) is 5.56 Å². The molecule has 0 fully saturated rings. The fraction of sp³-hybridized carbons (Fsp3) is 0.0769. The monoisotopic (exact) mass is 281 g/mol. The zero-order valence-electron chi connectivity index (χ0n) is 9.64. The Bertz CT molecular complexity index is 697. The lowest BCUT2D eigenvalue weighted by atomic mass is 10.2. The number of benzene rings is 1. The quantitative estimate of drug-likeness (QED) is 0.940. The van der Waals surface area contributed by atoms with Crippen molar-refractivity contribution in [2.24, 2.45) is 0 Å². The predicted octanol–water partition coefficient (Wildman–Crippen LogP) is 2.39. The summed E-state index contributed by atoms with van der Waals surface area (Å²) < 4.78 is 14.3. The van der Waals surface area contributed by atoms with Crippen LogP contribution in [0.2, 0.25) is 5.02 Å². The van der Waals surface area contributed by atoms with Gasteiger partial charge < -0.3 is 9.67 Å². The van der Waals surface area contributed by atoms with Crippen LogP contribution in [0.1, 0.15) is 15.9 Å². The Morgan fingerprint density at radius 1 is 1.32 bits per heavy atom. The van der Waals surface area contributed by atoms with Gasteiger partial charge in [-0.2, -0.15) is 0 Å². The van der Waals surface area contributed by atoms with Gasteiger partial charge in [0.25, 0.3) is 5.56 Å². The van der Waals surface area contributed by atoms with Crippen molar-refractivity contribution in [3.8, 4) is 0 Å². The highest BCUT2D eigenvalue weighted by atomic mass is 35.5. The van der Waals surface area contributed by atoms with Crippen molar-refractivity contribution in [1.29, 1.82) is 0 Å². The number of hydrogen-bond donors (Lipinski definition) is 1. The SMILES string of the molecule is O=C(O)c1ccn(Cc2ccc(F)c(Cl)c2)c(=O)c1. The Morgan fingerprint density at radius 2 is 2.05 bits per heavy atom. The van der Waals surface area contributed by atoms with Crippen LogP contribution >= 0.6 is 11.6 Å². The Kier molecular flexibility index (Phi) is 3.66. The van der Waals surface area contributed by atoms with Crippen LogP contribution in [0.15, 0.2) is 41.3 Å². The van der Waals surface area contributed by atoms with Crippen LogP contribution in [0.4, 0.5) is 4.39 Å². The molecule has 0 saturated heterocycles. The molecule has 0 aliphatic heterocycles. The van der Waals surface area contributed by atoms with E-state index >= 15 is 0 Å². The maximum Gasteiger partial charge on any atom is 0.335 e. The molecule has 0 atom stereocenters. The summed E-state index contributed by atoms with van der Waals surface area (Å²) in [4.78, 5) is 22.4. The minimum Gasteiger partial charge on any atom is -0.478 e. The summed E-state index contributed by atoms with van der Waals surface area (Å²) in [6.45, 7) is 0.193. The highest BCUT2D eigenvalue weighted by molar-refractivity contribution is 6.30. The van der Waals surface area contributed by atoms with E-state index in [1.807, 2.05) is 0 Å². The van der Waals surface area contributed by atoms with E-state index in [1.165, 1.54) is 35.0 Å². The normalized spacial score (nSPS) is 10.4. The number of pyridine rings is 1. The van der Waals surface area contributed by atoms with Crippen molar-refractivity contribution >= 4 is 17.6 Å². The molecule has 19 heavy (non-hydrogen) atoms. The van der Waals surface area contributed by atoms with Crippen LogP contribution in [-0.4, -0.2) is 15.6 Å². The fourth-order valence-electron chi connectivity index (χ4n) is 1.61. The fourth-order valence-corrected chi connectivity index (χ4v) is 1.81. The zero-order valence-corrected chi connectivity index (χ0v) is 10.4. The van der Waals surface area contributed by atoms with Gasteiger partial charge in [0.05, 0.1) is 17.1 Å². The lowest BCUT2D eigenvalue weighted by molar-refractivity contribution is 0.0696. The third-order valence-corrected chi connectivity index (χ3v) is 2.87. The molecule has 1 N–H and O–H groups in total. The van der Waals surface area contributed by atoms with Crippen LogP contribution in [0.3, 0.4) is 0 Å². The van der Waals surface area contributed by atoms with E-state index in [4.69, 9.17) is 16.7 Å². The first-order valence-corrected chi connectivity index (χ1v) is 5.73. The van der Waals surface area contributed by atoms with E-state index in [2.05, 4.69) is 0 Å². The molecule has 0 radical (unpaired) electrons. The maximum absolute atomic E-state index is 13.0. The van der Waals surface area contributed by atoms with Crippen molar-refractivity contribution in [2.45, 2.75) is 6.54 Å². The number of rotatable bonds is 3. The maximum atomic E-state index is 13.0. The first-order valence-electron chi connectivity index (χ1n) is 5.35. The molecule has 1 aromatic carbocycles. The van der Waals surface area contributed by atoms with E-state index in [0.717, 1.165) is 6.07 Å². The Morgan fingerprint density at radius 3 is 2.63 bits per heavy atom. The molecule has 4 nitrogen and oxygen atoms in total. The number of carboxylic acid groups (broad SMARTS) is 1. The van der Waals surface area contributed by atoms with Crippen LogP contribution in [-0.2, 0) is 6.54 Å². The van der Waals surface area contributed by atoms with E-state index in [-0.39, 0.29) is 17.1 Å². The molecule has 0 saturated carbocycles. The minimum absolute atomic E-state index is 0.0206. The zero-order chi connectivity index (χ0) is 14.0. The number of aromatic nitrogens is 1. The summed E-state index contributed by atoms with van der Waals surface area (Å²) in [5, 5.41) is 8.73. The third-order valence-electron chi connectivity index (χ3n) is 2.58. The number of carbonyl (C=O) groups is 1. The van der Waals surface area contributed by atoms with E-state index in [1.54, 1.807) is 0 Å². The summed E-state index contributed by atoms with van der Waals surface area (Å²) in [7, 11) is 0. The van der Waals surface area contributed by atoms with Crippen molar-refractivity contribution in [1.82, 2.24) is 4.57 Å². The van der Waals surface area contributed by atoms with Gasteiger partial charge in [-0.05, 0) is 23.8 Å². The van der Waals surface area contributed by atoms with Gasteiger partial charge >= 0.3 is 5.97 Å². The van der Waals surface area contributed by atoms with Crippen molar-refractivity contribution in [3.63, 3.8) is 0 Å². The molecule has 0 spiro atoms. The Balaban J connectivity index is 2.31. The largest absolute Gasteiger partial charge is 0.478 e. The molecule has 1 heterocycles. The smallest absolute Gasteiger partial charge is 0.335 e. The van der Waals surface area contributed by atoms with Gasteiger partial charge in [-0.1, -0.05) is 17.7 Å². The molecule has 0 unspecified atom stereocenters. The Hall–Kier alpha value is -2.14. The number of halogens is 2. The molecule has 0 aliphatic rings. The molecule has 1 aromatic heterocycles. The summed E-state index contributed by atoms with van der Waals surface area (Å²) >= 11 is 5.65. The van der Waals surface area contributed by atoms with Gasteiger partial charge in [0.1, 0.15) is 5.82 Å². The van der Waals surface area contributed by atoms with Crippen LogP contribution < -0.4 is 5.56 Å². The Labute approximate surface area is 112 Å². The second-order valence-corrected chi connectivity index (χ2v) is 4.34. The van der Waals surface area contributed by atoms with E-state index in [9.17, 15) is 14.0 Å². The molecule has 2 rings (SSSR count). The van der Waals surface area contributed by atoms with Gasteiger partial charge in [-0.15, -0.1) is 0 Å². The molecule has 0 aliphatic carbocycles. The molecular formula is C13H9ClFNO3. The average molecular weight is 282 g/mol. The average Bonchev–Trinajstić information content (AvgIpc) is 2.36. The van der Waals surface area contributed by atoms with Crippen LogP contribution in [0.5, 0.6) is 0 Å². The van der Waals surface area contributed by atoms with Gasteiger partial charge in [0, 0.05) is 12.3 Å².